The van der Waals surface area contributed by atoms with Crippen molar-refractivity contribution in [2.45, 2.75) is 45.6 Å². The van der Waals surface area contributed by atoms with Crippen LogP contribution in [0.25, 0.3) is 0 Å². The van der Waals surface area contributed by atoms with Gasteiger partial charge in [0.2, 0.25) is 0 Å². The first-order chi connectivity index (χ1) is 7.98. The fourth-order valence-corrected chi connectivity index (χ4v) is 1.74. The van der Waals surface area contributed by atoms with E-state index in [0.717, 1.165) is 30.1 Å². The highest BCUT2D eigenvalue weighted by Crippen LogP contribution is 2.35. The van der Waals surface area contributed by atoms with E-state index in [-0.39, 0.29) is 5.60 Å². The molecule has 0 aliphatic heterocycles. The van der Waals surface area contributed by atoms with Crippen LogP contribution in [0.5, 0.6) is 5.75 Å². The molecule has 3 nitrogen and oxygen atoms in total. The van der Waals surface area contributed by atoms with Gasteiger partial charge in [0.15, 0.2) is 6.29 Å². The predicted octanol–water partition coefficient (Wildman–Crippen LogP) is 3.02. The molecule has 3 heteroatoms. The predicted molar refractivity (Wildman–Crippen MR) is 66.4 cm³/mol. The standard InChI is InChI=1S/C14H19NO2/c1-14(2,3)17-13-7-6-11(9-16)15-12(13)8-10-4-5-10/h6-7,9-10H,4-5,8H2,1-3H3. The molecule has 1 aromatic rings. The summed E-state index contributed by atoms with van der Waals surface area (Å²) in [5.41, 5.74) is 1.18. The lowest BCUT2D eigenvalue weighted by Gasteiger charge is -2.23. The number of carbonyl (C=O) groups is 1. The second-order valence-corrected chi connectivity index (χ2v) is 5.66. The van der Waals surface area contributed by atoms with Crippen molar-refractivity contribution in [1.29, 1.82) is 0 Å². The lowest BCUT2D eigenvalue weighted by atomic mass is 10.1. The van der Waals surface area contributed by atoms with E-state index in [1.54, 1.807) is 6.07 Å². The smallest absolute Gasteiger partial charge is 0.168 e. The third-order valence-corrected chi connectivity index (χ3v) is 2.67. The molecule has 0 atom stereocenters. The molecule has 0 radical (unpaired) electrons. The van der Waals surface area contributed by atoms with E-state index in [0.29, 0.717) is 5.69 Å². The number of pyridine rings is 1. The Balaban J connectivity index is 2.24. The molecule has 92 valence electrons. The third kappa shape index (κ3) is 3.55. The van der Waals surface area contributed by atoms with Crippen LogP contribution in [-0.2, 0) is 6.42 Å². The Morgan fingerprint density at radius 1 is 1.41 bits per heavy atom. The van der Waals surface area contributed by atoms with Crippen LogP contribution in [0.3, 0.4) is 0 Å². The summed E-state index contributed by atoms with van der Waals surface area (Å²) in [6.45, 7) is 6.05. The summed E-state index contributed by atoms with van der Waals surface area (Å²) in [6, 6.07) is 3.57. The minimum Gasteiger partial charge on any atom is -0.486 e. The lowest BCUT2D eigenvalue weighted by molar-refractivity contribution is 0.111. The zero-order valence-corrected chi connectivity index (χ0v) is 10.7. The minimum atomic E-state index is -0.233. The Morgan fingerprint density at radius 3 is 2.65 bits per heavy atom. The highest BCUT2D eigenvalue weighted by atomic mass is 16.5. The van der Waals surface area contributed by atoms with E-state index in [1.807, 2.05) is 26.8 Å². The van der Waals surface area contributed by atoms with E-state index in [1.165, 1.54) is 12.8 Å². The van der Waals surface area contributed by atoms with E-state index >= 15 is 0 Å². The summed E-state index contributed by atoms with van der Waals surface area (Å²) >= 11 is 0. The van der Waals surface area contributed by atoms with Crippen molar-refractivity contribution in [3.8, 4) is 5.75 Å². The normalized spacial score (nSPS) is 15.7. The molecule has 2 rings (SSSR count). The molecule has 1 aliphatic carbocycles. The molecule has 1 heterocycles. The zero-order valence-electron chi connectivity index (χ0n) is 10.7. The van der Waals surface area contributed by atoms with Crippen LogP contribution in [0.1, 0.15) is 49.8 Å². The van der Waals surface area contributed by atoms with Crippen molar-refractivity contribution in [3.05, 3.63) is 23.5 Å². The zero-order chi connectivity index (χ0) is 12.5. The molecule has 0 bridgehead atoms. The molecule has 0 N–H and O–H groups in total. The van der Waals surface area contributed by atoms with Gasteiger partial charge >= 0.3 is 0 Å². The molecule has 0 aromatic carbocycles. The number of rotatable bonds is 4. The van der Waals surface area contributed by atoms with Crippen LogP contribution < -0.4 is 4.74 Å². The van der Waals surface area contributed by atoms with E-state index in [2.05, 4.69) is 4.98 Å². The van der Waals surface area contributed by atoms with Crippen LogP contribution in [0.4, 0.5) is 0 Å². The monoisotopic (exact) mass is 233 g/mol. The van der Waals surface area contributed by atoms with Crippen molar-refractivity contribution in [1.82, 2.24) is 4.98 Å². The van der Waals surface area contributed by atoms with Gasteiger partial charge in [-0.05, 0) is 58.1 Å². The van der Waals surface area contributed by atoms with Gasteiger partial charge in [0.05, 0.1) is 5.69 Å². The average Bonchev–Trinajstić information content (AvgIpc) is 3.02. The highest BCUT2D eigenvalue weighted by Gasteiger charge is 2.25. The summed E-state index contributed by atoms with van der Waals surface area (Å²) < 4.78 is 5.88. The molecule has 1 saturated carbocycles. The van der Waals surface area contributed by atoms with Gasteiger partial charge in [0, 0.05) is 0 Å². The Hall–Kier alpha value is -1.38. The maximum atomic E-state index is 10.8. The molecule has 0 amide bonds. The van der Waals surface area contributed by atoms with Gasteiger partial charge in [0.1, 0.15) is 17.0 Å². The quantitative estimate of drug-likeness (QED) is 0.750. The van der Waals surface area contributed by atoms with E-state index in [4.69, 9.17) is 4.74 Å². The topological polar surface area (TPSA) is 39.2 Å². The Kier molecular flexibility index (Phi) is 3.18. The van der Waals surface area contributed by atoms with Gasteiger partial charge in [-0.15, -0.1) is 0 Å². The van der Waals surface area contributed by atoms with Crippen molar-refractivity contribution in [3.63, 3.8) is 0 Å². The summed E-state index contributed by atoms with van der Waals surface area (Å²) in [6.07, 6.45) is 4.24. The van der Waals surface area contributed by atoms with Crippen molar-refractivity contribution >= 4 is 6.29 Å². The highest BCUT2D eigenvalue weighted by molar-refractivity contribution is 5.72. The van der Waals surface area contributed by atoms with Gasteiger partial charge in [-0.3, -0.25) is 4.79 Å². The largest absolute Gasteiger partial charge is 0.486 e. The SMILES string of the molecule is CC(C)(C)Oc1ccc(C=O)nc1CC1CC1. The van der Waals surface area contributed by atoms with Gasteiger partial charge in [-0.25, -0.2) is 4.98 Å². The van der Waals surface area contributed by atoms with Crippen molar-refractivity contribution in [2.75, 3.05) is 0 Å². The Morgan fingerprint density at radius 2 is 2.12 bits per heavy atom. The first-order valence-corrected chi connectivity index (χ1v) is 6.12. The number of hydrogen-bond acceptors (Lipinski definition) is 3. The van der Waals surface area contributed by atoms with Crippen molar-refractivity contribution < 1.29 is 9.53 Å². The molecule has 1 aliphatic rings. The first-order valence-electron chi connectivity index (χ1n) is 6.12. The van der Waals surface area contributed by atoms with Crippen LogP contribution >= 0.6 is 0 Å². The second-order valence-electron chi connectivity index (χ2n) is 5.66. The fourth-order valence-electron chi connectivity index (χ4n) is 1.74. The average molecular weight is 233 g/mol. The molecule has 1 fully saturated rings. The number of ether oxygens (including phenoxy) is 1. The van der Waals surface area contributed by atoms with Crippen LogP contribution in [0.15, 0.2) is 12.1 Å². The fraction of sp³-hybridized carbons (Fsp3) is 0.571. The summed E-state index contributed by atoms with van der Waals surface area (Å²) in [7, 11) is 0. The van der Waals surface area contributed by atoms with E-state index < -0.39 is 0 Å². The molecular formula is C14H19NO2. The van der Waals surface area contributed by atoms with Gasteiger partial charge in [-0.1, -0.05) is 0 Å². The number of carbonyl (C=O) groups excluding carboxylic acids is 1. The van der Waals surface area contributed by atoms with Crippen molar-refractivity contribution in [2.24, 2.45) is 5.92 Å². The first kappa shape index (κ1) is 12.1. The molecule has 0 spiro atoms. The molecule has 17 heavy (non-hydrogen) atoms. The lowest BCUT2D eigenvalue weighted by Crippen LogP contribution is -2.24. The summed E-state index contributed by atoms with van der Waals surface area (Å²) in [5.74, 6) is 1.54. The number of aromatic nitrogens is 1. The van der Waals surface area contributed by atoms with Crippen LogP contribution in [0, 0.1) is 5.92 Å². The number of nitrogens with zero attached hydrogens (tertiary/aromatic N) is 1. The van der Waals surface area contributed by atoms with E-state index in [9.17, 15) is 4.79 Å². The third-order valence-electron chi connectivity index (χ3n) is 2.67. The Bertz CT molecular complexity index is 417. The second kappa shape index (κ2) is 4.47. The number of aldehydes is 1. The van der Waals surface area contributed by atoms with Crippen LogP contribution in [-0.4, -0.2) is 16.9 Å². The molecule has 0 saturated heterocycles. The van der Waals surface area contributed by atoms with Crippen LogP contribution in [0.2, 0.25) is 0 Å². The molecular weight excluding hydrogens is 214 g/mol. The maximum absolute atomic E-state index is 10.8. The molecule has 1 aromatic heterocycles. The van der Waals surface area contributed by atoms with Gasteiger partial charge < -0.3 is 4.74 Å². The van der Waals surface area contributed by atoms with Gasteiger partial charge in [0.25, 0.3) is 0 Å². The molecule has 0 unspecified atom stereocenters. The Labute approximate surface area is 102 Å². The minimum absolute atomic E-state index is 0.233. The van der Waals surface area contributed by atoms with Gasteiger partial charge in [-0.2, -0.15) is 0 Å². The maximum Gasteiger partial charge on any atom is 0.168 e. The summed E-state index contributed by atoms with van der Waals surface area (Å²) in [4.78, 5) is 15.1. The summed E-state index contributed by atoms with van der Waals surface area (Å²) in [5, 5.41) is 0. The number of hydrogen-bond donors (Lipinski definition) is 0.